The van der Waals surface area contributed by atoms with E-state index in [0.29, 0.717) is 5.92 Å². The van der Waals surface area contributed by atoms with E-state index in [-0.39, 0.29) is 0 Å². The lowest BCUT2D eigenvalue weighted by atomic mass is 10.2. The third kappa shape index (κ3) is 9.85. The minimum Gasteiger partial charge on any atom is -0.268 e. The van der Waals surface area contributed by atoms with Gasteiger partial charge in [-0.05, 0) is 29.7 Å². The number of nitrogens with zero attached hydrogens (tertiary/aromatic N) is 1. The quantitative estimate of drug-likeness (QED) is 0.611. The summed E-state index contributed by atoms with van der Waals surface area (Å²) in [5.41, 5.74) is 1.10. The second-order valence-corrected chi connectivity index (χ2v) is 4.49. The molecule has 0 bridgehead atoms. The molecule has 0 atom stereocenters. The average molecular weight is 215 g/mol. The average Bonchev–Trinajstić information content (AvgIpc) is 2.14. The lowest BCUT2D eigenvalue weighted by molar-refractivity contribution is 0.749. The van der Waals surface area contributed by atoms with Gasteiger partial charge in [0.05, 0.1) is 0 Å². The first-order valence-corrected chi connectivity index (χ1v) is 6.41. The van der Waals surface area contributed by atoms with Crippen molar-refractivity contribution in [3.8, 4) is 0 Å². The predicted octanol–water partition coefficient (Wildman–Crippen LogP) is 4.60. The van der Waals surface area contributed by atoms with E-state index in [4.69, 9.17) is 0 Å². The molecular weight excluding hydrogens is 190 g/mol. The fourth-order valence-corrected chi connectivity index (χ4v) is 1.68. The molecule has 0 aliphatic carbocycles. The van der Waals surface area contributed by atoms with Gasteiger partial charge in [-0.2, -0.15) is 0 Å². The molecule has 0 radical (unpaired) electrons. The molecule has 0 saturated carbocycles. The molecule has 1 nitrogen and oxygen atoms in total. The van der Waals surface area contributed by atoms with Crippen LogP contribution in [-0.4, -0.2) is 12.5 Å². The van der Waals surface area contributed by atoms with E-state index in [1.807, 2.05) is 25.6 Å². The van der Waals surface area contributed by atoms with Crippen molar-refractivity contribution in [1.82, 2.24) is 0 Å². The Morgan fingerprint density at radius 3 is 2.07 bits per heavy atom. The SMILES string of the molecule is C=N/C(=C\SCC(C)C)C(C)C.CC. The van der Waals surface area contributed by atoms with Crippen molar-refractivity contribution in [3.05, 3.63) is 11.1 Å². The summed E-state index contributed by atoms with van der Waals surface area (Å²) in [6.07, 6.45) is 0. The van der Waals surface area contributed by atoms with Crippen LogP contribution in [0.4, 0.5) is 0 Å². The molecule has 0 aromatic rings. The second kappa shape index (κ2) is 10.8. The molecule has 0 amide bonds. The Kier molecular flexibility index (Phi) is 12.5. The summed E-state index contributed by atoms with van der Waals surface area (Å²) >= 11 is 1.83. The van der Waals surface area contributed by atoms with E-state index >= 15 is 0 Å². The Bertz CT molecular complexity index is 160. The zero-order valence-corrected chi connectivity index (χ0v) is 11.3. The van der Waals surface area contributed by atoms with Gasteiger partial charge in [0.25, 0.3) is 0 Å². The molecule has 0 aliphatic heterocycles. The lowest BCUT2D eigenvalue weighted by Crippen LogP contribution is -1.91. The van der Waals surface area contributed by atoms with E-state index in [0.717, 1.165) is 17.4 Å². The van der Waals surface area contributed by atoms with Crippen molar-refractivity contribution in [2.24, 2.45) is 16.8 Å². The van der Waals surface area contributed by atoms with Gasteiger partial charge < -0.3 is 0 Å². The van der Waals surface area contributed by atoms with Gasteiger partial charge in [-0.3, -0.25) is 4.99 Å². The number of aliphatic imine (C=N–C) groups is 1. The molecule has 0 saturated heterocycles. The Hall–Kier alpha value is -0.240. The standard InChI is InChI=1S/C10H19NS.C2H6/c1-8(2)6-12-7-10(11-5)9(3)4;1-2/h7-9H,5-6H2,1-4H3;1-2H3/b10-7-;. The van der Waals surface area contributed by atoms with E-state index in [2.05, 4.69) is 44.8 Å². The van der Waals surface area contributed by atoms with Crippen LogP contribution in [0.15, 0.2) is 16.1 Å². The summed E-state index contributed by atoms with van der Waals surface area (Å²) in [5.74, 6) is 2.39. The minimum absolute atomic E-state index is 0.488. The molecule has 14 heavy (non-hydrogen) atoms. The number of hydrogen-bond acceptors (Lipinski definition) is 2. The van der Waals surface area contributed by atoms with Crippen molar-refractivity contribution in [3.63, 3.8) is 0 Å². The fourth-order valence-electron chi connectivity index (χ4n) is 0.682. The van der Waals surface area contributed by atoms with Crippen molar-refractivity contribution in [1.29, 1.82) is 0 Å². The molecule has 0 N–H and O–H groups in total. The van der Waals surface area contributed by atoms with Crippen molar-refractivity contribution in [2.75, 3.05) is 5.75 Å². The van der Waals surface area contributed by atoms with Gasteiger partial charge in [0.2, 0.25) is 0 Å². The number of rotatable bonds is 5. The van der Waals surface area contributed by atoms with Gasteiger partial charge in [-0.25, -0.2) is 0 Å². The third-order valence-corrected chi connectivity index (χ3v) is 2.68. The Morgan fingerprint density at radius 2 is 1.79 bits per heavy atom. The molecule has 0 unspecified atom stereocenters. The molecule has 0 aliphatic rings. The van der Waals surface area contributed by atoms with Crippen LogP contribution in [0.25, 0.3) is 0 Å². The van der Waals surface area contributed by atoms with Crippen molar-refractivity contribution >= 4 is 18.5 Å². The van der Waals surface area contributed by atoms with Gasteiger partial charge in [-0.1, -0.05) is 41.5 Å². The lowest BCUT2D eigenvalue weighted by Gasteiger charge is -2.05. The second-order valence-electron chi connectivity index (χ2n) is 3.58. The van der Waals surface area contributed by atoms with Gasteiger partial charge in [0.1, 0.15) is 0 Å². The number of hydrogen-bond donors (Lipinski definition) is 0. The zero-order valence-electron chi connectivity index (χ0n) is 10.5. The maximum atomic E-state index is 3.97. The highest BCUT2D eigenvalue weighted by atomic mass is 32.2. The highest BCUT2D eigenvalue weighted by molar-refractivity contribution is 8.02. The maximum Gasteiger partial charge on any atom is 0.0484 e. The molecule has 0 aromatic carbocycles. The summed E-state index contributed by atoms with van der Waals surface area (Å²) in [5, 5.41) is 2.12. The molecule has 0 rings (SSSR count). The minimum atomic E-state index is 0.488. The largest absolute Gasteiger partial charge is 0.268 e. The van der Waals surface area contributed by atoms with Gasteiger partial charge in [-0.15, -0.1) is 11.8 Å². The number of thioether (sulfide) groups is 1. The normalized spacial score (nSPS) is 11.3. The Morgan fingerprint density at radius 1 is 1.29 bits per heavy atom. The summed E-state index contributed by atoms with van der Waals surface area (Å²) in [6, 6.07) is 0. The van der Waals surface area contributed by atoms with Crippen LogP contribution in [-0.2, 0) is 0 Å². The molecule has 2 heteroatoms. The Balaban J connectivity index is 0. The van der Waals surface area contributed by atoms with Crippen LogP contribution >= 0.6 is 11.8 Å². The Labute approximate surface area is 94.1 Å². The summed E-state index contributed by atoms with van der Waals surface area (Å²) in [7, 11) is 0. The van der Waals surface area contributed by atoms with Crippen LogP contribution in [0.3, 0.4) is 0 Å². The molecule has 0 fully saturated rings. The number of allylic oxidation sites excluding steroid dienone is 1. The topological polar surface area (TPSA) is 12.4 Å². The molecular formula is C12H25NS. The summed E-state index contributed by atoms with van der Waals surface area (Å²) < 4.78 is 0. The van der Waals surface area contributed by atoms with Gasteiger partial charge in [0, 0.05) is 5.70 Å². The van der Waals surface area contributed by atoms with Crippen LogP contribution in [0, 0.1) is 11.8 Å². The highest BCUT2D eigenvalue weighted by Gasteiger charge is 1.99. The van der Waals surface area contributed by atoms with Crippen LogP contribution < -0.4 is 0 Å². The summed E-state index contributed by atoms with van der Waals surface area (Å²) in [6.45, 7) is 16.3. The third-order valence-electron chi connectivity index (χ3n) is 1.41. The molecule has 0 aromatic heterocycles. The smallest absolute Gasteiger partial charge is 0.0484 e. The maximum absolute atomic E-state index is 3.97. The monoisotopic (exact) mass is 215 g/mol. The van der Waals surface area contributed by atoms with E-state index in [9.17, 15) is 0 Å². The van der Waals surface area contributed by atoms with Crippen molar-refractivity contribution in [2.45, 2.75) is 41.5 Å². The van der Waals surface area contributed by atoms with E-state index in [1.165, 1.54) is 0 Å². The van der Waals surface area contributed by atoms with Crippen LogP contribution in [0.5, 0.6) is 0 Å². The van der Waals surface area contributed by atoms with Crippen LogP contribution in [0.2, 0.25) is 0 Å². The first kappa shape index (κ1) is 16.2. The predicted molar refractivity (Wildman–Crippen MR) is 71.1 cm³/mol. The molecule has 0 spiro atoms. The van der Waals surface area contributed by atoms with E-state index in [1.54, 1.807) is 0 Å². The van der Waals surface area contributed by atoms with Crippen molar-refractivity contribution < 1.29 is 0 Å². The first-order chi connectivity index (χ1) is 6.57. The zero-order chi connectivity index (χ0) is 11.6. The van der Waals surface area contributed by atoms with Gasteiger partial charge >= 0.3 is 0 Å². The van der Waals surface area contributed by atoms with Gasteiger partial charge in [0.15, 0.2) is 0 Å². The first-order valence-electron chi connectivity index (χ1n) is 5.36. The molecule has 0 heterocycles. The highest BCUT2D eigenvalue weighted by Crippen LogP contribution is 2.17. The van der Waals surface area contributed by atoms with Crippen LogP contribution in [0.1, 0.15) is 41.5 Å². The summed E-state index contributed by atoms with van der Waals surface area (Å²) in [4.78, 5) is 3.97. The molecule has 84 valence electrons. The fraction of sp³-hybridized carbons (Fsp3) is 0.750. The van der Waals surface area contributed by atoms with E-state index < -0.39 is 0 Å².